The van der Waals surface area contributed by atoms with E-state index in [0.29, 0.717) is 0 Å². The van der Waals surface area contributed by atoms with Gasteiger partial charge in [-0.3, -0.25) is 0 Å². The van der Waals surface area contributed by atoms with E-state index in [1.165, 1.54) is 48.8 Å². The molecule has 6 nitrogen and oxygen atoms in total. The molecule has 2 aromatic rings. The van der Waals surface area contributed by atoms with Crippen LogP contribution >= 0.6 is 42.1 Å². The Morgan fingerprint density at radius 2 is 1.21 bits per heavy atom. The molecular weight excluding hydrogens is 268 g/mol. The van der Waals surface area contributed by atoms with Crippen LogP contribution in [0.25, 0.3) is 0 Å². The number of nitrogens with zero attached hydrogens (tertiary/aromatic N) is 2. The average Bonchev–Trinajstić information content (AvgIpc) is 3.06. The van der Waals surface area contributed by atoms with Crippen LogP contribution in [0.4, 0.5) is 9.59 Å². The number of hydrogen-bond acceptors (Lipinski definition) is 8. The zero-order valence-electron chi connectivity index (χ0n) is 6.57. The Hall–Kier alpha value is -0.580. The lowest BCUT2D eigenvalue weighted by Crippen LogP contribution is -2.14. The number of hydrogen-bond donors (Lipinski definition) is 0. The van der Waals surface area contributed by atoms with Crippen LogP contribution in [0.15, 0.2) is 0 Å². The van der Waals surface area contributed by atoms with Crippen LogP contribution in [0.2, 0.25) is 0 Å². The van der Waals surface area contributed by atoms with Gasteiger partial charge in [0.2, 0.25) is 0 Å². The summed E-state index contributed by atoms with van der Waals surface area (Å²) in [7, 11) is 5.23. The maximum absolute atomic E-state index is 10.9. The average molecular weight is 272 g/mol. The molecule has 10 heteroatoms. The van der Waals surface area contributed by atoms with Gasteiger partial charge in [-0.25, -0.2) is 9.59 Å². The number of carbonyl (C=O) groups is 2. The van der Waals surface area contributed by atoms with Crippen molar-refractivity contribution in [3.05, 3.63) is 0 Å². The molecular formula is C4H4N2O4S4. The van der Waals surface area contributed by atoms with Crippen molar-refractivity contribution in [2.75, 3.05) is 13.2 Å². The van der Waals surface area contributed by atoms with Gasteiger partial charge in [0.15, 0.2) is 0 Å². The Labute approximate surface area is 93.2 Å². The van der Waals surface area contributed by atoms with Crippen LogP contribution in [0, 0.1) is 0 Å². The number of carbonyl (C=O) groups excluding carboxylic acids is 2. The van der Waals surface area contributed by atoms with Crippen LogP contribution < -0.4 is 0 Å². The van der Waals surface area contributed by atoms with Gasteiger partial charge in [-0.2, -0.15) is 0 Å². The summed E-state index contributed by atoms with van der Waals surface area (Å²) in [6.45, 7) is 0.177. The second-order valence-electron chi connectivity index (χ2n) is 2.04. The Balaban J connectivity index is 1.55. The molecule has 0 atom stereocenters. The Bertz CT molecular complexity index is 344. The molecule has 0 radical (unpaired) electrons. The number of ether oxygens (including phenoxy) is 2. The zero-order chi connectivity index (χ0) is 9.97. The van der Waals surface area contributed by atoms with E-state index in [4.69, 9.17) is 9.47 Å². The van der Waals surface area contributed by atoms with Gasteiger partial charge in [-0.1, -0.05) is 0 Å². The van der Waals surface area contributed by atoms with E-state index >= 15 is 0 Å². The topological polar surface area (TPSA) is 62.5 Å². The van der Waals surface area contributed by atoms with E-state index in [1.54, 1.807) is 0 Å². The normalized spacial score (nSPS) is 10.6. The Morgan fingerprint density at radius 1 is 0.857 bits per heavy atom. The van der Waals surface area contributed by atoms with Gasteiger partial charge >= 0.3 is 12.2 Å². The van der Waals surface area contributed by atoms with Crippen LogP contribution in [-0.2, 0) is 9.47 Å². The van der Waals surface area contributed by atoms with Crippen molar-refractivity contribution in [1.29, 1.82) is 0 Å². The Morgan fingerprint density at radius 3 is 1.50 bits per heavy atom. The predicted molar refractivity (Wildman–Crippen MR) is 53.9 cm³/mol. The lowest BCUT2D eigenvalue weighted by atomic mass is 10.8. The molecule has 14 heavy (non-hydrogen) atoms. The van der Waals surface area contributed by atoms with E-state index in [9.17, 15) is 9.59 Å². The van der Waals surface area contributed by atoms with Crippen molar-refractivity contribution >= 4 is 54.3 Å². The van der Waals surface area contributed by atoms with Gasteiger partial charge in [0.05, 0.1) is 0 Å². The fraction of sp³-hybridized carbons (Fsp3) is 0.500. The highest BCUT2D eigenvalue weighted by Gasteiger charge is 2.13. The standard InChI is InChI=1S/C4H4N2O4S4/c7-3(5-11-12-5)9-1-2-10-4(8)6-13-14-6/h1-2H2. The summed E-state index contributed by atoms with van der Waals surface area (Å²) in [4.78, 5) is 21.8. The third kappa shape index (κ3) is 2.97. The van der Waals surface area contributed by atoms with Crippen LogP contribution in [0.3, 0.4) is 0 Å². The van der Waals surface area contributed by atoms with Gasteiger partial charge < -0.3 is 9.47 Å². The maximum atomic E-state index is 10.9. The highest BCUT2D eigenvalue weighted by Crippen LogP contribution is 2.18. The lowest BCUT2D eigenvalue weighted by molar-refractivity contribution is 0.102. The second-order valence-corrected chi connectivity index (χ2v) is 6.35. The van der Waals surface area contributed by atoms with Crippen molar-refractivity contribution in [2.45, 2.75) is 0 Å². The predicted octanol–water partition coefficient (Wildman–Crippen LogP) is 2.21. The third-order valence-electron chi connectivity index (χ3n) is 1.13. The first kappa shape index (κ1) is 9.96. The van der Waals surface area contributed by atoms with E-state index in [-0.39, 0.29) is 13.2 Å². The minimum absolute atomic E-state index is 0.0887. The molecule has 78 valence electrons. The molecule has 0 amide bonds. The smallest absolute Gasteiger partial charge is 0.438 e. The molecule has 0 unspecified atom stereocenters. The quantitative estimate of drug-likeness (QED) is 0.635. The highest BCUT2D eigenvalue weighted by atomic mass is 33.0. The molecule has 2 heterocycles. The molecule has 0 spiro atoms. The Kier molecular flexibility index (Phi) is 3.05. The summed E-state index contributed by atoms with van der Waals surface area (Å²) in [5.41, 5.74) is 0. The minimum Gasteiger partial charge on any atom is -0.444 e. The summed E-state index contributed by atoms with van der Waals surface area (Å²) < 4.78 is 12.3. The van der Waals surface area contributed by atoms with Crippen molar-refractivity contribution < 1.29 is 19.1 Å². The largest absolute Gasteiger partial charge is 0.444 e. The minimum atomic E-state index is -0.411. The third-order valence-corrected chi connectivity index (χ3v) is 4.11. The van der Waals surface area contributed by atoms with Crippen LogP contribution in [-0.4, -0.2) is 32.1 Å². The molecule has 0 aromatic carbocycles. The molecule has 0 aliphatic heterocycles. The van der Waals surface area contributed by atoms with Gasteiger partial charge in [-0.15, -0.1) is 6.69 Å². The van der Waals surface area contributed by atoms with Gasteiger partial charge in [0.1, 0.15) is 13.2 Å². The molecule has 2 aromatic heterocycles. The van der Waals surface area contributed by atoms with E-state index in [2.05, 4.69) is 0 Å². The monoisotopic (exact) mass is 272 g/mol. The van der Waals surface area contributed by atoms with Gasteiger partial charge in [0.25, 0.3) is 0 Å². The number of rotatable bonds is 3. The fourth-order valence-electron chi connectivity index (χ4n) is 0.518. The molecule has 0 fully saturated rings. The van der Waals surface area contributed by atoms with Crippen molar-refractivity contribution in [3.8, 4) is 0 Å². The fourth-order valence-corrected chi connectivity index (χ4v) is 1.97. The van der Waals surface area contributed by atoms with E-state index in [1.807, 2.05) is 0 Å². The van der Waals surface area contributed by atoms with Crippen LogP contribution in [0.5, 0.6) is 0 Å². The molecule has 0 aliphatic carbocycles. The van der Waals surface area contributed by atoms with E-state index in [0.717, 1.165) is 0 Å². The highest BCUT2D eigenvalue weighted by molar-refractivity contribution is 7.77. The molecule has 0 saturated heterocycles. The first-order valence-electron chi connectivity index (χ1n) is 3.40. The maximum Gasteiger partial charge on any atom is 0.438 e. The number of aromatic nitrogens is 2. The first-order valence-corrected chi connectivity index (χ1v) is 7.53. The van der Waals surface area contributed by atoms with Gasteiger partial charge in [-0.05, 0) is 0 Å². The van der Waals surface area contributed by atoms with Gasteiger partial charge in [0, 0.05) is 42.1 Å². The molecule has 0 N–H and O–H groups in total. The van der Waals surface area contributed by atoms with Crippen molar-refractivity contribution in [3.63, 3.8) is 0 Å². The zero-order valence-corrected chi connectivity index (χ0v) is 9.84. The molecule has 0 aliphatic rings. The van der Waals surface area contributed by atoms with E-state index < -0.39 is 12.2 Å². The second kappa shape index (κ2) is 4.29. The summed E-state index contributed by atoms with van der Waals surface area (Å²) in [5.74, 6) is 0. The summed E-state index contributed by atoms with van der Waals surface area (Å²) in [5, 5.41) is 0. The molecule has 0 saturated carbocycles. The van der Waals surface area contributed by atoms with Crippen molar-refractivity contribution in [2.24, 2.45) is 0 Å². The first-order chi connectivity index (χ1) is 6.77. The molecule has 0 bridgehead atoms. The SMILES string of the molecule is O=C(OCCOC(=O)n1ss1)n1ss1. The molecule has 2 rings (SSSR count). The summed E-state index contributed by atoms with van der Waals surface area (Å²) in [6, 6.07) is 0. The van der Waals surface area contributed by atoms with Crippen LogP contribution in [0.1, 0.15) is 0 Å². The lowest BCUT2D eigenvalue weighted by Gasteiger charge is -2.01. The summed E-state index contributed by atoms with van der Waals surface area (Å²) >= 11 is 0. The van der Waals surface area contributed by atoms with Crippen molar-refractivity contribution in [1.82, 2.24) is 6.69 Å². The summed E-state index contributed by atoms with van der Waals surface area (Å²) in [6.07, 6.45) is -0.821.